The molecule has 5 heteroatoms. The van der Waals surface area contributed by atoms with E-state index >= 15 is 0 Å². The molecule has 2 aromatic heterocycles. The van der Waals surface area contributed by atoms with Gasteiger partial charge in [0.1, 0.15) is 6.33 Å². The van der Waals surface area contributed by atoms with Gasteiger partial charge in [-0.2, -0.15) is 0 Å². The fourth-order valence-electron chi connectivity index (χ4n) is 0.963. The monoisotopic (exact) mass is 186 g/mol. The smallest absolute Gasteiger partial charge is 0.162 e. The van der Waals surface area contributed by atoms with Crippen molar-refractivity contribution in [2.45, 2.75) is 0 Å². The van der Waals surface area contributed by atoms with Crippen molar-refractivity contribution >= 4 is 6.29 Å². The Kier molecular flexibility index (Phi) is 2.22. The summed E-state index contributed by atoms with van der Waals surface area (Å²) >= 11 is 0. The first-order valence-electron chi connectivity index (χ1n) is 3.93. The van der Waals surface area contributed by atoms with Gasteiger partial charge in [0.2, 0.25) is 0 Å². The molecule has 2 rings (SSSR count). The second-order valence-electron chi connectivity index (χ2n) is 2.59. The molecule has 0 saturated heterocycles. The van der Waals surface area contributed by atoms with Crippen molar-refractivity contribution in [2.75, 3.05) is 0 Å². The summed E-state index contributed by atoms with van der Waals surface area (Å²) in [5.74, 6) is 0.510. The Morgan fingerprint density at radius 1 is 1.00 bits per heavy atom. The number of nitrogens with zero attached hydrogens (tertiary/aromatic N) is 4. The van der Waals surface area contributed by atoms with Crippen LogP contribution in [0.4, 0.5) is 0 Å². The summed E-state index contributed by atoms with van der Waals surface area (Å²) in [7, 11) is 0. The summed E-state index contributed by atoms with van der Waals surface area (Å²) in [6.07, 6.45) is 8.28. The summed E-state index contributed by atoms with van der Waals surface area (Å²) in [5.41, 5.74) is 1.18. The Morgan fingerprint density at radius 2 is 1.64 bits per heavy atom. The van der Waals surface area contributed by atoms with Gasteiger partial charge in [0.25, 0.3) is 0 Å². The fourth-order valence-corrected chi connectivity index (χ4v) is 0.963. The highest BCUT2D eigenvalue weighted by atomic mass is 16.1. The van der Waals surface area contributed by atoms with E-state index in [0.717, 1.165) is 5.56 Å². The Bertz CT molecular complexity index is 426. The lowest BCUT2D eigenvalue weighted by Crippen LogP contribution is -1.92. The summed E-state index contributed by atoms with van der Waals surface area (Å²) < 4.78 is 0. The molecule has 0 atom stereocenters. The third kappa shape index (κ3) is 1.61. The van der Waals surface area contributed by atoms with Crippen LogP contribution in [0.3, 0.4) is 0 Å². The van der Waals surface area contributed by atoms with Crippen molar-refractivity contribution in [1.29, 1.82) is 0 Å². The molecule has 0 saturated carbocycles. The normalized spacial score (nSPS) is 9.71. The molecule has 0 aliphatic carbocycles. The van der Waals surface area contributed by atoms with Crippen LogP contribution in [0.5, 0.6) is 0 Å². The van der Waals surface area contributed by atoms with Crippen LogP contribution < -0.4 is 0 Å². The van der Waals surface area contributed by atoms with Crippen LogP contribution in [-0.2, 0) is 0 Å². The van der Waals surface area contributed by atoms with Crippen LogP contribution >= 0.6 is 0 Å². The third-order valence-electron chi connectivity index (χ3n) is 1.63. The van der Waals surface area contributed by atoms with Crippen molar-refractivity contribution in [3.05, 3.63) is 36.7 Å². The number of rotatable bonds is 2. The first-order valence-corrected chi connectivity index (χ1v) is 3.93. The van der Waals surface area contributed by atoms with Gasteiger partial charge in [-0.25, -0.2) is 19.9 Å². The molecule has 0 aliphatic heterocycles. The number of aldehydes is 1. The van der Waals surface area contributed by atoms with Crippen LogP contribution in [0.2, 0.25) is 0 Å². The molecule has 0 bridgehead atoms. The predicted molar refractivity (Wildman–Crippen MR) is 48.4 cm³/mol. The Morgan fingerprint density at radius 3 is 2.21 bits per heavy atom. The Labute approximate surface area is 79.9 Å². The average molecular weight is 186 g/mol. The summed E-state index contributed by atoms with van der Waals surface area (Å²) in [5, 5.41) is 0. The summed E-state index contributed by atoms with van der Waals surface area (Å²) in [4.78, 5) is 26.0. The van der Waals surface area contributed by atoms with Gasteiger partial charge >= 0.3 is 0 Å². The largest absolute Gasteiger partial charge is 0.298 e. The van der Waals surface area contributed by atoms with Gasteiger partial charge in [0, 0.05) is 24.8 Å². The molecular weight excluding hydrogens is 180 g/mol. The van der Waals surface area contributed by atoms with Crippen molar-refractivity contribution in [3.63, 3.8) is 0 Å². The zero-order valence-corrected chi connectivity index (χ0v) is 7.16. The number of aromatic nitrogens is 4. The van der Waals surface area contributed by atoms with Crippen LogP contribution in [0.1, 0.15) is 10.4 Å². The standard InChI is InChI=1S/C9H6N4O/c14-5-7-1-12-9(13-2-7)8-3-10-6-11-4-8/h1-6H. The zero-order valence-electron chi connectivity index (χ0n) is 7.16. The molecule has 0 N–H and O–H groups in total. The highest BCUT2D eigenvalue weighted by Gasteiger charge is 2.00. The number of carbonyl (C=O) groups is 1. The van der Waals surface area contributed by atoms with Gasteiger partial charge in [-0.3, -0.25) is 4.79 Å². The van der Waals surface area contributed by atoms with Crippen LogP contribution in [0.25, 0.3) is 11.4 Å². The van der Waals surface area contributed by atoms with Gasteiger partial charge in [-0.15, -0.1) is 0 Å². The van der Waals surface area contributed by atoms with E-state index in [1.165, 1.54) is 18.7 Å². The highest BCUT2D eigenvalue weighted by molar-refractivity contribution is 5.73. The maximum atomic E-state index is 10.3. The molecule has 0 radical (unpaired) electrons. The first-order chi connectivity index (χ1) is 6.90. The van der Waals surface area contributed by atoms with Gasteiger partial charge in [-0.1, -0.05) is 0 Å². The Hall–Kier alpha value is -2.17. The van der Waals surface area contributed by atoms with Crippen molar-refractivity contribution < 1.29 is 4.79 Å². The summed E-state index contributed by atoms with van der Waals surface area (Å²) in [6.45, 7) is 0. The molecule has 0 spiro atoms. The molecule has 0 fully saturated rings. The molecule has 2 aromatic rings. The van der Waals surface area contributed by atoms with Gasteiger partial charge in [0.15, 0.2) is 12.1 Å². The van der Waals surface area contributed by atoms with E-state index < -0.39 is 0 Å². The predicted octanol–water partition coefficient (Wildman–Crippen LogP) is 0.746. The van der Waals surface area contributed by atoms with Crippen molar-refractivity contribution in [2.24, 2.45) is 0 Å². The third-order valence-corrected chi connectivity index (χ3v) is 1.63. The quantitative estimate of drug-likeness (QED) is 0.647. The minimum atomic E-state index is 0.450. The zero-order chi connectivity index (χ0) is 9.80. The lowest BCUT2D eigenvalue weighted by molar-refractivity contribution is 0.112. The van der Waals surface area contributed by atoms with Gasteiger partial charge in [-0.05, 0) is 0 Å². The van der Waals surface area contributed by atoms with Gasteiger partial charge in [0.05, 0.1) is 11.1 Å². The van der Waals surface area contributed by atoms with E-state index in [0.29, 0.717) is 17.7 Å². The minimum Gasteiger partial charge on any atom is -0.298 e. The van der Waals surface area contributed by atoms with Crippen molar-refractivity contribution in [3.8, 4) is 11.4 Å². The van der Waals surface area contributed by atoms with E-state index in [1.54, 1.807) is 12.4 Å². The lowest BCUT2D eigenvalue weighted by Gasteiger charge is -1.96. The van der Waals surface area contributed by atoms with E-state index in [-0.39, 0.29) is 0 Å². The number of carbonyl (C=O) groups excluding carboxylic acids is 1. The number of hydrogen-bond acceptors (Lipinski definition) is 5. The average Bonchev–Trinajstić information content (AvgIpc) is 2.30. The maximum Gasteiger partial charge on any atom is 0.162 e. The fraction of sp³-hybridized carbons (Fsp3) is 0. The van der Waals surface area contributed by atoms with E-state index in [2.05, 4.69) is 19.9 Å². The minimum absolute atomic E-state index is 0.450. The van der Waals surface area contributed by atoms with E-state index in [4.69, 9.17) is 0 Å². The molecule has 0 unspecified atom stereocenters. The second-order valence-corrected chi connectivity index (χ2v) is 2.59. The molecule has 2 heterocycles. The molecule has 14 heavy (non-hydrogen) atoms. The molecule has 0 amide bonds. The number of hydrogen-bond donors (Lipinski definition) is 0. The molecule has 0 aromatic carbocycles. The Balaban J connectivity index is 2.39. The van der Waals surface area contributed by atoms with E-state index in [9.17, 15) is 4.79 Å². The van der Waals surface area contributed by atoms with Crippen LogP contribution in [0, 0.1) is 0 Å². The second kappa shape index (κ2) is 3.69. The molecule has 68 valence electrons. The van der Waals surface area contributed by atoms with Crippen molar-refractivity contribution in [1.82, 2.24) is 19.9 Å². The summed E-state index contributed by atoms with van der Waals surface area (Å²) in [6, 6.07) is 0. The maximum absolute atomic E-state index is 10.3. The lowest BCUT2D eigenvalue weighted by atomic mass is 10.3. The molecule has 0 aliphatic rings. The highest BCUT2D eigenvalue weighted by Crippen LogP contribution is 2.09. The molecule has 5 nitrogen and oxygen atoms in total. The first kappa shape index (κ1) is 8.43. The van der Waals surface area contributed by atoms with E-state index in [1.807, 2.05) is 0 Å². The topological polar surface area (TPSA) is 68.6 Å². The van der Waals surface area contributed by atoms with Gasteiger partial charge < -0.3 is 0 Å². The van der Waals surface area contributed by atoms with Crippen LogP contribution in [0.15, 0.2) is 31.1 Å². The molecular formula is C9H6N4O. The van der Waals surface area contributed by atoms with Crippen LogP contribution in [-0.4, -0.2) is 26.2 Å². The SMILES string of the molecule is O=Cc1cnc(-c2cncnc2)nc1.